The maximum atomic E-state index is 11.5. The van der Waals surface area contributed by atoms with E-state index in [0.29, 0.717) is 6.54 Å². The molecule has 0 aromatic carbocycles. The fraction of sp³-hybridized carbons (Fsp3) is 0.750. The zero-order valence-electron chi connectivity index (χ0n) is 11.1. The van der Waals surface area contributed by atoms with Gasteiger partial charge in [0.2, 0.25) is 5.91 Å². The van der Waals surface area contributed by atoms with Gasteiger partial charge in [0.15, 0.2) is 0 Å². The molecular formula is C12H22N2O5. The molecule has 0 rings (SSSR count). The van der Waals surface area contributed by atoms with E-state index in [1.807, 2.05) is 0 Å². The summed E-state index contributed by atoms with van der Waals surface area (Å²) in [5.41, 5.74) is 0. The average molecular weight is 274 g/mol. The molecule has 0 bridgehead atoms. The summed E-state index contributed by atoms with van der Waals surface area (Å²) in [7, 11) is 0. The monoisotopic (exact) mass is 274 g/mol. The van der Waals surface area contributed by atoms with E-state index in [0.717, 1.165) is 19.3 Å². The van der Waals surface area contributed by atoms with Crippen molar-refractivity contribution in [2.45, 2.75) is 45.1 Å². The topological polar surface area (TPSA) is 116 Å². The molecular weight excluding hydrogens is 252 g/mol. The van der Waals surface area contributed by atoms with Crippen molar-refractivity contribution >= 4 is 17.8 Å². The van der Waals surface area contributed by atoms with Crippen molar-refractivity contribution < 1.29 is 24.6 Å². The molecule has 110 valence electrons. The molecule has 0 aromatic rings. The molecule has 0 aliphatic rings. The Kier molecular flexibility index (Phi) is 9.42. The third kappa shape index (κ3) is 10.0. The summed E-state index contributed by atoms with van der Waals surface area (Å²) < 4.78 is 0. The minimum atomic E-state index is -1.22. The lowest BCUT2D eigenvalue weighted by atomic mass is 10.1. The molecule has 0 spiro atoms. The van der Waals surface area contributed by atoms with Crippen LogP contribution in [-0.2, 0) is 14.4 Å². The van der Waals surface area contributed by atoms with E-state index in [-0.39, 0.29) is 19.4 Å². The fourth-order valence-electron chi connectivity index (χ4n) is 1.47. The molecule has 0 fully saturated rings. The van der Waals surface area contributed by atoms with Crippen LogP contribution in [0.25, 0.3) is 0 Å². The number of hydrogen-bond acceptors (Lipinski definition) is 4. The summed E-state index contributed by atoms with van der Waals surface area (Å²) in [4.78, 5) is 32.7. The minimum Gasteiger partial charge on any atom is -0.481 e. The Morgan fingerprint density at radius 1 is 1.16 bits per heavy atom. The van der Waals surface area contributed by atoms with Gasteiger partial charge >= 0.3 is 11.9 Å². The highest BCUT2D eigenvalue weighted by Gasteiger charge is 2.20. The summed E-state index contributed by atoms with van der Waals surface area (Å²) in [6, 6.07) is -1.15. The number of hydrogen-bond donors (Lipinski definition) is 4. The largest absolute Gasteiger partial charge is 0.481 e. The highest BCUT2D eigenvalue weighted by atomic mass is 16.4. The van der Waals surface area contributed by atoms with Gasteiger partial charge in [-0.2, -0.15) is 0 Å². The average Bonchev–Trinajstić information content (AvgIpc) is 2.33. The molecule has 1 atom stereocenters. The maximum Gasteiger partial charge on any atom is 0.326 e. The molecule has 7 nitrogen and oxygen atoms in total. The lowest BCUT2D eigenvalue weighted by molar-refractivity contribution is -0.142. The number of unbranched alkanes of at least 4 members (excludes halogenated alkanes) is 2. The minimum absolute atomic E-state index is 0.0422. The Morgan fingerprint density at radius 3 is 2.37 bits per heavy atom. The third-order valence-electron chi connectivity index (χ3n) is 2.52. The van der Waals surface area contributed by atoms with Crippen molar-refractivity contribution in [3.05, 3.63) is 0 Å². The zero-order valence-corrected chi connectivity index (χ0v) is 11.1. The number of amides is 1. The predicted octanol–water partition coefficient (Wildman–Crippen LogP) is 0.200. The van der Waals surface area contributed by atoms with Crippen molar-refractivity contribution in [2.24, 2.45) is 0 Å². The Hall–Kier alpha value is -1.63. The van der Waals surface area contributed by atoms with E-state index in [4.69, 9.17) is 10.2 Å². The molecule has 1 amide bonds. The number of rotatable bonds is 11. The zero-order chi connectivity index (χ0) is 14.7. The van der Waals surface area contributed by atoms with Crippen molar-refractivity contribution in [3.8, 4) is 0 Å². The standard InChI is InChI=1S/C12H22N2O5/c1-2-3-4-7-13-8-10(15)14-9(12(18)19)5-6-11(16)17/h9,13H,2-8H2,1H3,(H,14,15)(H,16,17)(H,18,19)/t9-/m0/s1. The van der Waals surface area contributed by atoms with Crippen LogP contribution >= 0.6 is 0 Å². The number of carboxylic acids is 2. The van der Waals surface area contributed by atoms with E-state index >= 15 is 0 Å². The van der Waals surface area contributed by atoms with Crippen LogP contribution in [0.3, 0.4) is 0 Å². The molecule has 4 N–H and O–H groups in total. The summed E-state index contributed by atoms with van der Waals surface area (Å²) in [5.74, 6) is -2.74. The van der Waals surface area contributed by atoms with Crippen molar-refractivity contribution in [1.82, 2.24) is 10.6 Å². The third-order valence-corrected chi connectivity index (χ3v) is 2.52. The Balaban J connectivity index is 3.90. The van der Waals surface area contributed by atoms with Gasteiger partial charge in [0.05, 0.1) is 6.54 Å². The van der Waals surface area contributed by atoms with E-state index in [9.17, 15) is 14.4 Å². The normalized spacial score (nSPS) is 11.8. The van der Waals surface area contributed by atoms with Gasteiger partial charge in [-0.05, 0) is 19.4 Å². The second-order valence-electron chi connectivity index (χ2n) is 4.27. The molecule has 0 aliphatic carbocycles. The molecule has 7 heteroatoms. The second kappa shape index (κ2) is 10.3. The molecule has 0 saturated carbocycles. The van der Waals surface area contributed by atoms with Gasteiger partial charge in [-0.25, -0.2) is 4.79 Å². The van der Waals surface area contributed by atoms with E-state index in [2.05, 4.69) is 17.6 Å². The van der Waals surface area contributed by atoms with Crippen molar-refractivity contribution in [2.75, 3.05) is 13.1 Å². The molecule has 0 saturated heterocycles. The summed E-state index contributed by atoms with van der Waals surface area (Å²) >= 11 is 0. The molecule has 0 unspecified atom stereocenters. The van der Waals surface area contributed by atoms with E-state index < -0.39 is 23.9 Å². The van der Waals surface area contributed by atoms with E-state index in [1.165, 1.54) is 0 Å². The Morgan fingerprint density at radius 2 is 1.84 bits per heavy atom. The van der Waals surface area contributed by atoms with Crippen LogP contribution < -0.4 is 10.6 Å². The molecule has 0 heterocycles. The first-order chi connectivity index (χ1) is 8.97. The van der Waals surface area contributed by atoms with Crippen LogP contribution in [0.2, 0.25) is 0 Å². The molecule has 0 aliphatic heterocycles. The van der Waals surface area contributed by atoms with Gasteiger partial charge in [-0.3, -0.25) is 9.59 Å². The Bertz CT molecular complexity index is 306. The lowest BCUT2D eigenvalue weighted by Gasteiger charge is -2.13. The van der Waals surface area contributed by atoms with Crippen molar-refractivity contribution in [1.29, 1.82) is 0 Å². The number of aliphatic carboxylic acids is 2. The van der Waals surface area contributed by atoms with Gasteiger partial charge in [-0.15, -0.1) is 0 Å². The first-order valence-corrected chi connectivity index (χ1v) is 6.42. The van der Waals surface area contributed by atoms with Crippen LogP contribution in [0.5, 0.6) is 0 Å². The van der Waals surface area contributed by atoms with Crippen LogP contribution in [0.4, 0.5) is 0 Å². The fourth-order valence-corrected chi connectivity index (χ4v) is 1.47. The summed E-state index contributed by atoms with van der Waals surface area (Å²) in [6.07, 6.45) is 2.72. The molecule has 0 aromatic heterocycles. The quantitative estimate of drug-likeness (QED) is 0.400. The smallest absolute Gasteiger partial charge is 0.326 e. The van der Waals surface area contributed by atoms with Gasteiger partial charge in [-0.1, -0.05) is 19.8 Å². The number of nitrogens with one attached hydrogen (secondary N) is 2. The van der Waals surface area contributed by atoms with Crippen LogP contribution in [0, 0.1) is 0 Å². The highest BCUT2D eigenvalue weighted by molar-refractivity contribution is 5.85. The van der Waals surface area contributed by atoms with Crippen LogP contribution in [-0.4, -0.2) is 47.2 Å². The number of carbonyl (C=O) groups is 3. The summed E-state index contributed by atoms with van der Waals surface area (Å²) in [5, 5.41) is 22.5. The summed E-state index contributed by atoms with van der Waals surface area (Å²) in [6.45, 7) is 2.82. The lowest BCUT2D eigenvalue weighted by Crippen LogP contribution is -2.44. The van der Waals surface area contributed by atoms with Crippen LogP contribution in [0.15, 0.2) is 0 Å². The number of carboxylic acid groups (broad SMARTS) is 2. The van der Waals surface area contributed by atoms with Crippen molar-refractivity contribution in [3.63, 3.8) is 0 Å². The van der Waals surface area contributed by atoms with Gasteiger partial charge in [0, 0.05) is 6.42 Å². The maximum absolute atomic E-state index is 11.5. The first-order valence-electron chi connectivity index (χ1n) is 6.42. The predicted molar refractivity (Wildman–Crippen MR) is 68.8 cm³/mol. The SMILES string of the molecule is CCCCCNCC(=O)N[C@@H](CCC(=O)O)C(=O)O. The number of carbonyl (C=O) groups excluding carboxylic acids is 1. The highest BCUT2D eigenvalue weighted by Crippen LogP contribution is 1.98. The van der Waals surface area contributed by atoms with Gasteiger partial charge in [0.1, 0.15) is 6.04 Å². The molecule has 19 heavy (non-hydrogen) atoms. The second-order valence-corrected chi connectivity index (χ2v) is 4.27. The van der Waals surface area contributed by atoms with E-state index in [1.54, 1.807) is 0 Å². The first kappa shape index (κ1) is 17.4. The Labute approximate surface area is 112 Å². The van der Waals surface area contributed by atoms with Crippen LogP contribution in [0.1, 0.15) is 39.0 Å². The van der Waals surface area contributed by atoms with Gasteiger partial charge in [0.25, 0.3) is 0 Å². The molecule has 0 radical (unpaired) electrons. The van der Waals surface area contributed by atoms with Gasteiger partial charge < -0.3 is 20.8 Å².